The minimum Gasteiger partial charge on any atom is -0.381 e. The average molecular weight is 302 g/mol. The number of hydrogen-bond acceptors (Lipinski definition) is 2. The highest BCUT2D eigenvalue weighted by Gasteiger charge is 1.96. The lowest BCUT2D eigenvalue weighted by molar-refractivity contribution is 0.693. The van der Waals surface area contributed by atoms with Crippen molar-refractivity contribution < 1.29 is 0 Å². The monoisotopic (exact) mass is 302 g/mol. The maximum absolute atomic E-state index is 3.47. The Morgan fingerprint density at radius 1 is 0.478 bits per heavy atom. The highest BCUT2D eigenvalue weighted by molar-refractivity contribution is 5.45. The molecule has 2 nitrogen and oxygen atoms in total. The van der Waals surface area contributed by atoms with Crippen molar-refractivity contribution in [1.82, 2.24) is 5.32 Å². The molecule has 0 aliphatic heterocycles. The molecule has 0 bridgehead atoms. The van der Waals surface area contributed by atoms with E-state index < -0.39 is 0 Å². The van der Waals surface area contributed by atoms with Crippen LogP contribution in [0.3, 0.4) is 0 Å². The Balaban J connectivity index is 1.45. The van der Waals surface area contributed by atoms with Crippen LogP contribution in [0, 0.1) is 0 Å². The van der Waals surface area contributed by atoms with Gasteiger partial charge < -0.3 is 10.6 Å². The maximum atomic E-state index is 3.47. The molecule has 2 N–H and O–H groups in total. The molecule has 2 heteroatoms. The van der Waals surface area contributed by atoms with Crippen LogP contribution < -0.4 is 10.6 Å². The van der Waals surface area contributed by atoms with Gasteiger partial charge in [-0.2, -0.15) is 0 Å². The van der Waals surface area contributed by atoms with Gasteiger partial charge in [0.1, 0.15) is 0 Å². The highest BCUT2D eigenvalue weighted by atomic mass is 14.9. The summed E-state index contributed by atoms with van der Waals surface area (Å²) in [6.45, 7) is 2.63. The second kappa shape index (κ2) is 8.16. The number of benzene rings is 3. The molecule has 0 aromatic heterocycles. The first-order chi connectivity index (χ1) is 11.4. The summed E-state index contributed by atoms with van der Waals surface area (Å²) in [6, 6.07) is 29.6. The van der Waals surface area contributed by atoms with E-state index >= 15 is 0 Å². The summed E-state index contributed by atoms with van der Waals surface area (Å²) in [5.41, 5.74) is 5.06. The van der Waals surface area contributed by atoms with E-state index in [1.807, 2.05) is 12.1 Å². The zero-order valence-electron chi connectivity index (χ0n) is 13.2. The fraction of sp³-hybridized carbons (Fsp3) is 0.143. The van der Waals surface area contributed by atoms with Crippen molar-refractivity contribution in [1.29, 1.82) is 0 Å². The third kappa shape index (κ3) is 4.97. The van der Waals surface area contributed by atoms with Gasteiger partial charge in [-0.15, -0.1) is 0 Å². The SMILES string of the molecule is c1ccc(CNCc2ccc(NCc3ccccc3)cc2)cc1. The molecule has 3 rings (SSSR count). The number of rotatable bonds is 7. The second-order valence-corrected chi connectivity index (χ2v) is 5.63. The van der Waals surface area contributed by atoms with Crippen LogP contribution in [0.5, 0.6) is 0 Å². The standard InChI is InChI=1S/C21H22N2/c1-3-7-18(8-4-1)15-22-16-20-11-13-21(14-12-20)23-17-19-9-5-2-6-10-19/h1-14,22-23H,15-17H2. The smallest absolute Gasteiger partial charge is 0.0400 e. The zero-order valence-corrected chi connectivity index (χ0v) is 13.2. The van der Waals surface area contributed by atoms with E-state index in [1.54, 1.807) is 0 Å². The minimum absolute atomic E-state index is 0.854. The third-order valence-corrected chi connectivity index (χ3v) is 3.79. The van der Waals surface area contributed by atoms with E-state index in [4.69, 9.17) is 0 Å². The molecule has 0 atom stereocenters. The number of anilines is 1. The summed E-state index contributed by atoms with van der Waals surface area (Å²) in [5, 5.41) is 6.92. The van der Waals surface area contributed by atoms with E-state index in [0.29, 0.717) is 0 Å². The summed E-state index contributed by atoms with van der Waals surface area (Å²) < 4.78 is 0. The molecule has 0 spiro atoms. The summed E-state index contributed by atoms with van der Waals surface area (Å²) in [6.07, 6.45) is 0. The topological polar surface area (TPSA) is 24.1 Å². The fourth-order valence-corrected chi connectivity index (χ4v) is 2.49. The Bertz CT molecular complexity index is 691. The summed E-state index contributed by atoms with van der Waals surface area (Å²) >= 11 is 0. The van der Waals surface area contributed by atoms with Crippen molar-refractivity contribution in [2.24, 2.45) is 0 Å². The lowest BCUT2D eigenvalue weighted by Gasteiger charge is -2.09. The number of nitrogens with one attached hydrogen (secondary N) is 2. The van der Waals surface area contributed by atoms with E-state index in [1.165, 1.54) is 16.7 Å². The Hall–Kier alpha value is -2.58. The summed E-state index contributed by atoms with van der Waals surface area (Å²) in [5.74, 6) is 0. The molecule has 116 valence electrons. The van der Waals surface area contributed by atoms with Gasteiger partial charge in [0.05, 0.1) is 0 Å². The first-order valence-electron chi connectivity index (χ1n) is 8.01. The van der Waals surface area contributed by atoms with Crippen LogP contribution >= 0.6 is 0 Å². The molecule has 0 radical (unpaired) electrons. The summed E-state index contributed by atoms with van der Waals surface area (Å²) in [4.78, 5) is 0. The predicted octanol–water partition coefficient (Wildman–Crippen LogP) is 4.59. The van der Waals surface area contributed by atoms with Crippen LogP contribution in [-0.2, 0) is 19.6 Å². The van der Waals surface area contributed by atoms with E-state index in [0.717, 1.165) is 25.3 Å². The van der Waals surface area contributed by atoms with Crippen molar-refractivity contribution in [3.8, 4) is 0 Å². The quantitative estimate of drug-likeness (QED) is 0.667. The maximum Gasteiger partial charge on any atom is 0.0400 e. The first kappa shape index (κ1) is 15.3. The van der Waals surface area contributed by atoms with Gasteiger partial charge in [-0.3, -0.25) is 0 Å². The van der Waals surface area contributed by atoms with Crippen LogP contribution in [0.4, 0.5) is 5.69 Å². The van der Waals surface area contributed by atoms with Gasteiger partial charge in [0, 0.05) is 25.3 Å². The van der Waals surface area contributed by atoms with Crippen LogP contribution in [0.15, 0.2) is 84.9 Å². The van der Waals surface area contributed by atoms with Crippen molar-refractivity contribution in [3.63, 3.8) is 0 Å². The van der Waals surface area contributed by atoms with Crippen LogP contribution in [0.1, 0.15) is 16.7 Å². The lowest BCUT2D eigenvalue weighted by atomic mass is 10.1. The van der Waals surface area contributed by atoms with Gasteiger partial charge in [-0.25, -0.2) is 0 Å². The Kier molecular flexibility index (Phi) is 5.43. The molecular weight excluding hydrogens is 280 g/mol. The van der Waals surface area contributed by atoms with Gasteiger partial charge in [0.2, 0.25) is 0 Å². The van der Waals surface area contributed by atoms with Crippen molar-refractivity contribution in [3.05, 3.63) is 102 Å². The largest absolute Gasteiger partial charge is 0.381 e. The predicted molar refractivity (Wildman–Crippen MR) is 97.2 cm³/mol. The molecule has 0 unspecified atom stereocenters. The Labute approximate surface area is 138 Å². The fourth-order valence-electron chi connectivity index (χ4n) is 2.49. The minimum atomic E-state index is 0.854. The van der Waals surface area contributed by atoms with Crippen LogP contribution in [0.25, 0.3) is 0 Å². The average Bonchev–Trinajstić information content (AvgIpc) is 2.63. The highest BCUT2D eigenvalue weighted by Crippen LogP contribution is 2.11. The normalized spacial score (nSPS) is 10.4. The third-order valence-electron chi connectivity index (χ3n) is 3.79. The molecule has 0 aliphatic rings. The Morgan fingerprint density at radius 3 is 1.52 bits per heavy atom. The molecule has 0 fully saturated rings. The van der Waals surface area contributed by atoms with Crippen molar-refractivity contribution in [2.45, 2.75) is 19.6 Å². The van der Waals surface area contributed by atoms with Gasteiger partial charge in [0.25, 0.3) is 0 Å². The zero-order chi connectivity index (χ0) is 15.7. The molecule has 0 aliphatic carbocycles. The van der Waals surface area contributed by atoms with Crippen LogP contribution in [-0.4, -0.2) is 0 Å². The van der Waals surface area contributed by atoms with Crippen LogP contribution in [0.2, 0.25) is 0 Å². The first-order valence-corrected chi connectivity index (χ1v) is 8.01. The van der Waals surface area contributed by atoms with Gasteiger partial charge in [0.15, 0.2) is 0 Å². The van der Waals surface area contributed by atoms with Gasteiger partial charge in [-0.1, -0.05) is 72.8 Å². The molecule has 0 amide bonds. The van der Waals surface area contributed by atoms with Gasteiger partial charge in [-0.05, 0) is 28.8 Å². The molecule has 3 aromatic carbocycles. The van der Waals surface area contributed by atoms with Crippen molar-refractivity contribution in [2.75, 3.05) is 5.32 Å². The van der Waals surface area contributed by atoms with E-state index in [9.17, 15) is 0 Å². The molecule has 23 heavy (non-hydrogen) atoms. The molecule has 0 saturated carbocycles. The number of hydrogen-bond donors (Lipinski definition) is 2. The summed E-state index contributed by atoms with van der Waals surface area (Å²) in [7, 11) is 0. The molecule has 3 aromatic rings. The molecular formula is C21H22N2. The van der Waals surface area contributed by atoms with E-state index in [-0.39, 0.29) is 0 Å². The molecule has 0 saturated heterocycles. The molecule has 0 heterocycles. The lowest BCUT2D eigenvalue weighted by Crippen LogP contribution is -2.12. The van der Waals surface area contributed by atoms with Gasteiger partial charge >= 0.3 is 0 Å². The second-order valence-electron chi connectivity index (χ2n) is 5.63. The Morgan fingerprint density at radius 2 is 0.957 bits per heavy atom. The van der Waals surface area contributed by atoms with Crippen molar-refractivity contribution >= 4 is 5.69 Å². The van der Waals surface area contributed by atoms with E-state index in [2.05, 4.69) is 83.4 Å².